The van der Waals surface area contributed by atoms with E-state index in [0.29, 0.717) is 0 Å². The molecule has 0 saturated carbocycles. The lowest BCUT2D eigenvalue weighted by Crippen LogP contribution is -2.21. The minimum atomic E-state index is -5.08. The Hall–Kier alpha value is -0.820. The average molecular weight is 205 g/mol. The molecule has 0 aliphatic heterocycles. The Morgan fingerprint density at radius 2 is 1.38 bits per heavy atom. The van der Waals surface area contributed by atoms with Gasteiger partial charge in [-0.2, -0.15) is 13.2 Å². The van der Waals surface area contributed by atoms with Crippen LogP contribution in [-0.2, 0) is 4.79 Å². The molecule has 13 heavy (non-hydrogen) atoms. The van der Waals surface area contributed by atoms with E-state index in [0.717, 1.165) is 0 Å². The lowest BCUT2D eigenvalue weighted by atomic mass is 10.5. The van der Waals surface area contributed by atoms with Crippen LogP contribution in [0, 0.1) is 0 Å². The Morgan fingerprint density at radius 1 is 1.31 bits per heavy atom. The summed E-state index contributed by atoms with van der Waals surface area (Å²) in [6.45, 7) is 3.44. The predicted octanol–water partition coefficient (Wildman–Crippen LogP) is 0.595. The molecule has 4 nitrogen and oxygen atoms in total. The van der Waals surface area contributed by atoms with E-state index in [1.54, 1.807) is 13.8 Å². The van der Waals surface area contributed by atoms with Crippen LogP contribution in [0.1, 0.15) is 13.8 Å². The number of halogens is 3. The normalized spacial score (nSPS) is 9.31. The van der Waals surface area contributed by atoms with Gasteiger partial charge in [0.1, 0.15) is 0 Å². The molecule has 0 saturated heterocycles. The fourth-order valence-corrected chi connectivity index (χ4v) is 0. The Bertz CT molecular complexity index is 122. The zero-order valence-corrected chi connectivity index (χ0v) is 7.59. The van der Waals surface area contributed by atoms with Crippen LogP contribution in [0.15, 0.2) is 0 Å². The smallest absolute Gasteiger partial charge is 0.475 e. The van der Waals surface area contributed by atoms with E-state index in [2.05, 4.69) is 5.73 Å². The molecule has 7 heteroatoms. The number of rotatable bonds is 0. The van der Waals surface area contributed by atoms with Crippen LogP contribution in [0.25, 0.3) is 0 Å². The number of nitrogens with two attached hydrogens (primary N) is 1. The number of aliphatic hydroxyl groups is 1. The number of carboxylic acid groups (broad SMARTS) is 1. The van der Waals surface area contributed by atoms with Crippen LogP contribution >= 0.6 is 0 Å². The van der Waals surface area contributed by atoms with Crippen molar-refractivity contribution in [2.24, 2.45) is 5.73 Å². The first-order valence-corrected chi connectivity index (χ1v) is 3.23. The highest BCUT2D eigenvalue weighted by atomic mass is 19.4. The molecule has 82 valence electrons. The van der Waals surface area contributed by atoms with Crippen LogP contribution in [-0.4, -0.2) is 35.5 Å². The second kappa shape index (κ2) is 9.27. The van der Waals surface area contributed by atoms with E-state index in [4.69, 9.17) is 15.0 Å². The van der Waals surface area contributed by atoms with Gasteiger partial charge >= 0.3 is 12.1 Å². The van der Waals surface area contributed by atoms with Crippen molar-refractivity contribution < 1.29 is 28.2 Å². The van der Waals surface area contributed by atoms with Gasteiger partial charge in [0, 0.05) is 6.10 Å². The van der Waals surface area contributed by atoms with Gasteiger partial charge in [-0.25, -0.2) is 4.79 Å². The van der Waals surface area contributed by atoms with Crippen molar-refractivity contribution in [3.05, 3.63) is 0 Å². The Balaban J connectivity index is -0.000000142. The summed E-state index contributed by atoms with van der Waals surface area (Å²) >= 11 is 0. The first-order chi connectivity index (χ1) is 5.68. The van der Waals surface area contributed by atoms with Gasteiger partial charge in [0.2, 0.25) is 0 Å². The quantitative estimate of drug-likeness (QED) is 0.540. The van der Waals surface area contributed by atoms with E-state index in [-0.39, 0.29) is 6.10 Å². The first-order valence-electron chi connectivity index (χ1n) is 3.23. The van der Waals surface area contributed by atoms with Crippen molar-refractivity contribution in [3.63, 3.8) is 0 Å². The average Bonchev–Trinajstić information content (AvgIpc) is 1.88. The van der Waals surface area contributed by atoms with Crippen LogP contribution in [0.5, 0.6) is 0 Å². The summed E-state index contributed by atoms with van der Waals surface area (Å²) < 4.78 is 31.7. The number of alkyl halides is 3. The number of carbonyl (C=O) groups is 1. The lowest BCUT2D eigenvalue weighted by Gasteiger charge is -1.93. The minimum absolute atomic E-state index is 0.167. The maximum atomic E-state index is 10.6. The highest BCUT2D eigenvalue weighted by molar-refractivity contribution is 5.73. The molecule has 4 N–H and O–H groups in total. The molecule has 0 heterocycles. The predicted molar refractivity (Wildman–Crippen MR) is 41.2 cm³/mol. The highest BCUT2D eigenvalue weighted by Crippen LogP contribution is 2.13. The Labute approximate surface area is 74.2 Å². The molecule has 0 fully saturated rings. The summed E-state index contributed by atoms with van der Waals surface area (Å²) in [5, 5.41) is 15.2. The third-order valence-corrected chi connectivity index (χ3v) is 0.243. The summed E-state index contributed by atoms with van der Waals surface area (Å²) in [7, 11) is 1.50. The zero-order valence-electron chi connectivity index (χ0n) is 7.59. The number of hydrogen-bond donors (Lipinski definition) is 3. The van der Waals surface area contributed by atoms with Gasteiger partial charge in [-0.1, -0.05) is 0 Å². The summed E-state index contributed by atoms with van der Waals surface area (Å²) in [5.74, 6) is -2.76. The van der Waals surface area contributed by atoms with E-state index in [1.165, 1.54) is 7.05 Å². The van der Waals surface area contributed by atoms with E-state index in [1.807, 2.05) is 0 Å². The molecular formula is C6H14F3NO3. The SMILES string of the molecule is CC(C)O.CN.O=C(O)C(F)(F)F. The largest absolute Gasteiger partial charge is 0.490 e. The molecule has 0 aromatic rings. The maximum Gasteiger partial charge on any atom is 0.490 e. The topological polar surface area (TPSA) is 83.5 Å². The van der Waals surface area contributed by atoms with Crippen molar-refractivity contribution in [1.82, 2.24) is 0 Å². The molecule has 0 amide bonds. The number of carboxylic acids is 1. The van der Waals surface area contributed by atoms with E-state index in [9.17, 15) is 13.2 Å². The molecule has 0 aliphatic rings. The van der Waals surface area contributed by atoms with Crippen molar-refractivity contribution in [1.29, 1.82) is 0 Å². The second-order valence-corrected chi connectivity index (χ2v) is 1.90. The molecule has 0 aromatic heterocycles. The number of aliphatic carboxylic acids is 1. The minimum Gasteiger partial charge on any atom is -0.475 e. The number of hydrogen-bond acceptors (Lipinski definition) is 3. The van der Waals surface area contributed by atoms with Crippen molar-refractivity contribution in [3.8, 4) is 0 Å². The summed E-state index contributed by atoms with van der Waals surface area (Å²) in [5.41, 5.74) is 4.50. The third kappa shape index (κ3) is 35.1. The summed E-state index contributed by atoms with van der Waals surface area (Å²) in [6, 6.07) is 0. The molecular weight excluding hydrogens is 191 g/mol. The van der Waals surface area contributed by atoms with Crippen molar-refractivity contribution >= 4 is 5.97 Å². The summed E-state index contributed by atoms with van der Waals surface area (Å²) in [4.78, 5) is 8.90. The van der Waals surface area contributed by atoms with Crippen LogP contribution in [0.2, 0.25) is 0 Å². The van der Waals surface area contributed by atoms with Gasteiger partial charge in [0.05, 0.1) is 0 Å². The zero-order chi connectivity index (χ0) is 11.7. The van der Waals surface area contributed by atoms with Gasteiger partial charge in [0.25, 0.3) is 0 Å². The van der Waals surface area contributed by atoms with E-state index < -0.39 is 12.1 Å². The fourth-order valence-electron chi connectivity index (χ4n) is 0. The monoisotopic (exact) mass is 205 g/mol. The van der Waals surface area contributed by atoms with Crippen LogP contribution in [0.3, 0.4) is 0 Å². The molecule has 0 unspecified atom stereocenters. The van der Waals surface area contributed by atoms with Crippen LogP contribution < -0.4 is 5.73 Å². The lowest BCUT2D eigenvalue weighted by molar-refractivity contribution is -0.192. The van der Waals surface area contributed by atoms with Gasteiger partial charge < -0.3 is 15.9 Å². The van der Waals surface area contributed by atoms with Crippen molar-refractivity contribution in [2.45, 2.75) is 26.1 Å². The van der Waals surface area contributed by atoms with E-state index >= 15 is 0 Å². The molecule has 0 radical (unpaired) electrons. The van der Waals surface area contributed by atoms with Crippen LogP contribution in [0.4, 0.5) is 13.2 Å². The first kappa shape index (κ1) is 18.1. The van der Waals surface area contributed by atoms with Crippen molar-refractivity contribution in [2.75, 3.05) is 7.05 Å². The van der Waals surface area contributed by atoms with Gasteiger partial charge in [0.15, 0.2) is 0 Å². The molecule has 0 aliphatic carbocycles. The number of aliphatic hydroxyl groups excluding tert-OH is 1. The Morgan fingerprint density at radius 3 is 1.38 bits per heavy atom. The Kier molecular flexibility index (Phi) is 12.9. The third-order valence-electron chi connectivity index (χ3n) is 0.243. The van der Waals surface area contributed by atoms with Gasteiger partial charge in [-0.05, 0) is 20.9 Å². The molecule has 0 spiro atoms. The van der Waals surface area contributed by atoms with Gasteiger partial charge in [-0.3, -0.25) is 0 Å². The van der Waals surface area contributed by atoms with Gasteiger partial charge in [-0.15, -0.1) is 0 Å². The highest BCUT2D eigenvalue weighted by Gasteiger charge is 2.38. The summed E-state index contributed by atoms with van der Waals surface area (Å²) in [6.07, 6.45) is -5.25. The molecule has 0 rings (SSSR count). The molecule has 0 aromatic carbocycles. The molecule has 0 atom stereocenters. The fraction of sp³-hybridized carbons (Fsp3) is 0.833. The second-order valence-electron chi connectivity index (χ2n) is 1.90. The molecule has 0 bridgehead atoms. The maximum absolute atomic E-state index is 10.6. The standard InChI is InChI=1S/C3H8O.C2HF3O2.CH5N/c1-3(2)4;3-2(4,5)1(6)7;1-2/h3-4H,1-2H3;(H,6,7);2H2,1H3.